The Bertz CT molecular complexity index is 1140. The third kappa shape index (κ3) is 6.56. The highest BCUT2D eigenvalue weighted by molar-refractivity contribution is 6.20. The fourth-order valence-electron chi connectivity index (χ4n) is 10.7. The number of fused-ring (bicyclic) bond motifs is 3. The first-order valence-corrected chi connectivity index (χ1v) is 19.1. The third-order valence-electron chi connectivity index (χ3n) is 13.4. The van der Waals surface area contributed by atoms with Crippen LogP contribution in [0.4, 0.5) is 4.39 Å². The van der Waals surface area contributed by atoms with Crippen LogP contribution in [0.15, 0.2) is 11.8 Å². The first-order valence-electron chi connectivity index (χ1n) is 19.1. The van der Waals surface area contributed by atoms with Gasteiger partial charge in [0.15, 0.2) is 5.78 Å². The zero-order valence-electron chi connectivity index (χ0n) is 28.7. The van der Waals surface area contributed by atoms with Crippen molar-refractivity contribution in [3.63, 3.8) is 0 Å². The molecule has 2 N–H and O–H groups in total. The number of nitrogens with one attached hydrogen (secondary N) is 2. The van der Waals surface area contributed by atoms with E-state index in [9.17, 15) is 9.59 Å². The molecule has 4 heterocycles. The zero-order valence-corrected chi connectivity index (χ0v) is 28.7. The minimum atomic E-state index is -1.19. The summed E-state index contributed by atoms with van der Waals surface area (Å²) in [6.45, 7) is 9.24. The number of carbonyl (C=O) groups is 2. The Morgan fingerprint density at radius 1 is 1.02 bits per heavy atom. The molecule has 1 amide bonds. The third-order valence-corrected chi connectivity index (χ3v) is 13.4. The van der Waals surface area contributed by atoms with E-state index in [0.29, 0.717) is 30.5 Å². The van der Waals surface area contributed by atoms with Crippen molar-refractivity contribution in [3.05, 3.63) is 11.8 Å². The van der Waals surface area contributed by atoms with Gasteiger partial charge in [-0.2, -0.15) is 0 Å². The van der Waals surface area contributed by atoms with Crippen molar-refractivity contribution in [1.82, 2.24) is 25.3 Å². The number of carbonyl (C=O) groups excluding carboxylic acids is 2. The molecule has 3 saturated carbocycles. The van der Waals surface area contributed by atoms with E-state index in [4.69, 9.17) is 4.74 Å². The van der Waals surface area contributed by atoms with Gasteiger partial charge in [0, 0.05) is 37.3 Å². The summed E-state index contributed by atoms with van der Waals surface area (Å²) in [4.78, 5) is 34.9. The second-order valence-corrected chi connectivity index (χ2v) is 16.4. The number of piperidine rings is 1. The smallest absolute Gasteiger partial charge is 0.256 e. The van der Waals surface area contributed by atoms with Gasteiger partial charge in [-0.15, -0.1) is 0 Å². The summed E-state index contributed by atoms with van der Waals surface area (Å²) in [7, 11) is 2.15. The molecule has 0 radical (unpaired) electrons. The van der Waals surface area contributed by atoms with E-state index in [-0.39, 0.29) is 41.9 Å². The van der Waals surface area contributed by atoms with Crippen LogP contribution in [0, 0.1) is 23.7 Å². The molecule has 7 rings (SSSR count). The van der Waals surface area contributed by atoms with E-state index in [1.54, 1.807) is 0 Å². The lowest BCUT2D eigenvalue weighted by molar-refractivity contribution is -0.208. The number of hydrogen-bond donors (Lipinski definition) is 2. The lowest BCUT2D eigenvalue weighted by Gasteiger charge is -2.61. The Morgan fingerprint density at radius 2 is 1.83 bits per heavy atom. The Balaban J connectivity index is 1.07. The Labute approximate surface area is 276 Å². The van der Waals surface area contributed by atoms with Crippen LogP contribution in [0.25, 0.3) is 0 Å². The highest BCUT2D eigenvalue weighted by Crippen LogP contribution is 2.50. The molecule has 12 atom stereocenters. The number of Topliss-reactive ketones (excluding diaryl/α,β-unsaturated/α-hetero) is 1. The molecule has 0 bridgehead atoms. The predicted octanol–water partition coefficient (Wildman–Crippen LogP) is 4.29. The SMILES string of the molecule is CC1CCC(C)N(CCCNC2C(F)CC3C(=O)C(C(=O)NCCC4CCCN4C)=CN4C5CC6CCCCC6CC5OC2C34)C1. The number of ketones is 1. The van der Waals surface area contributed by atoms with Crippen LogP contribution in [0.5, 0.6) is 0 Å². The lowest BCUT2D eigenvalue weighted by Crippen LogP contribution is -2.73. The maximum absolute atomic E-state index is 16.3. The highest BCUT2D eigenvalue weighted by Gasteiger charge is 2.59. The summed E-state index contributed by atoms with van der Waals surface area (Å²) in [5.74, 6) is 1.05. The molecule has 8 nitrogen and oxygen atoms in total. The Hall–Kier alpha value is -1.55. The van der Waals surface area contributed by atoms with Crippen molar-refractivity contribution in [2.45, 2.75) is 146 Å². The van der Waals surface area contributed by atoms with Gasteiger partial charge < -0.3 is 30.1 Å². The van der Waals surface area contributed by atoms with E-state index in [0.717, 1.165) is 64.2 Å². The number of rotatable bonds is 9. The molecule has 46 heavy (non-hydrogen) atoms. The van der Waals surface area contributed by atoms with Crippen LogP contribution in [-0.2, 0) is 14.3 Å². The van der Waals surface area contributed by atoms with Gasteiger partial charge in [-0.1, -0.05) is 32.6 Å². The normalized spacial score (nSPS) is 43.0. The minimum absolute atomic E-state index is 0.0122. The molecule has 258 valence electrons. The van der Waals surface area contributed by atoms with Gasteiger partial charge in [0.25, 0.3) is 5.91 Å². The summed E-state index contributed by atoms with van der Waals surface area (Å²) in [6.07, 6.45) is 14.4. The number of alkyl halides is 1. The number of nitrogens with zero attached hydrogens (tertiary/aromatic N) is 3. The Morgan fingerprint density at radius 3 is 2.61 bits per heavy atom. The van der Waals surface area contributed by atoms with Crippen LogP contribution >= 0.6 is 0 Å². The molecule has 0 aromatic heterocycles. The molecule has 6 fully saturated rings. The standard InChI is InChI=1S/C37H60FN5O3/c1-23-11-12-24(2)42(21-23)17-7-14-39-33-30(38)20-28-34-36(33)46-32-19-26-9-5-4-8-25(26)18-31(32)43(34)22-29(35(28)44)37(45)40-15-13-27-10-6-16-41(27)3/h22-28,30-34,36,39H,4-21H2,1-3H3,(H,40,45). The molecule has 3 saturated heterocycles. The summed E-state index contributed by atoms with van der Waals surface area (Å²) in [5, 5.41) is 6.70. The van der Waals surface area contributed by atoms with Crippen LogP contribution < -0.4 is 10.6 Å². The van der Waals surface area contributed by atoms with Crippen LogP contribution in [0.3, 0.4) is 0 Å². The number of likely N-dealkylation sites (tertiary alicyclic amines) is 2. The van der Waals surface area contributed by atoms with E-state index in [2.05, 4.69) is 46.2 Å². The lowest BCUT2D eigenvalue weighted by atomic mass is 9.65. The van der Waals surface area contributed by atoms with Gasteiger partial charge in [0.05, 0.1) is 35.9 Å². The van der Waals surface area contributed by atoms with Crippen molar-refractivity contribution < 1.29 is 18.7 Å². The van der Waals surface area contributed by atoms with Crippen LogP contribution in [0.1, 0.15) is 97.3 Å². The van der Waals surface area contributed by atoms with Gasteiger partial charge in [0.2, 0.25) is 0 Å². The molecule has 12 unspecified atom stereocenters. The second-order valence-electron chi connectivity index (χ2n) is 16.4. The van der Waals surface area contributed by atoms with Crippen LogP contribution in [0.2, 0.25) is 0 Å². The highest BCUT2D eigenvalue weighted by atomic mass is 19.1. The molecule has 0 spiro atoms. The molecule has 0 aromatic carbocycles. The average Bonchev–Trinajstić information content (AvgIpc) is 3.46. The van der Waals surface area contributed by atoms with Crippen molar-refractivity contribution in [2.24, 2.45) is 23.7 Å². The minimum Gasteiger partial charge on any atom is -0.369 e. The summed E-state index contributed by atoms with van der Waals surface area (Å²) >= 11 is 0. The zero-order chi connectivity index (χ0) is 31.9. The van der Waals surface area contributed by atoms with Gasteiger partial charge in [-0.05, 0) is 109 Å². The van der Waals surface area contributed by atoms with Crippen molar-refractivity contribution in [1.29, 1.82) is 0 Å². The van der Waals surface area contributed by atoms with Crippen molar-refractivity contribution >= 4 is 11.7 Å². The first-order chi connectivity index (χ1) is 22.3. The summed E-state index contributed by atoms with van der Waals surface area (Å²) < 4.78 is 23.2. The average molecular weight is 642 g/mol. The number of ether oxygens (including phenoxy) is 1. The molecular formula is C37H60FN5O3. The van der Waals surface area contributed by atoms with Gasteiger partial charge in [0.1, 0.15) is 6.17 Å². The number of morpholine rings is 1. The van der Waals surface area contributed by atoms with Gasteiger partial charge in [-0.3, -0.25) is 9.59 Å². The molecular weight excluding hydrogens is 581 g/mol. The molecule has 3 aliphatic carbocycles. The number of amides is 1. The number of halogens is 1. The largest absolute Gasteiger partial charge is 0.369 e. The molecule has 7 aliphatic rings. The molecule has 4 aliphatic heterocycles. The molecule has 0 aromatic rings. The van der Waals surface area contributed by atoms with Crippen molar-refractivity contribution in [2.75, 3.05) is 39.8 Å². The maximum atomic E-state index is 16.3. The fourth-order valence-corrected chi connectivity index (χ4v) is 10.7. The first kappa shape index (κ1) is 33.0. The molecule has 9 heteroatoms. The predicted molar refractivity (Wildman–Crippen MR) is 178 cm³/mol. The van der Waals surface area contributed by atoms with Crippen LogP contribution in [-0.4, -0.2) is 115 Å². The van der Waals surface area contributed by atoms with Gasteiger partial charge >= 0.3 is 0 Å². The van der Waals surface area contributed by atoms with E-state index in [1.807, 2.05) is 6.20 Å². The Kier molecular flexibility index (Phi) is 10.1. The summed E-state index contributed by atoms with van der Waals surface area (Å²) in [6, 6.07) is 0.578. The van der Waals surface area contributed by atoms with Gasteiger partial charge in [-0.25, -0.2) is 4.39 Å². The van der Waals surface area contributed by atoms with Crippen molar-refractivity contribution in [3.8, 4) is 0 Å². The fraction of sp³-hybridized carbons (Fsp3) is 0.892. The number of hydrogen-bond acceptors (Lipinski definition) is 7. The van der Waals surface area contributed by atoms with E-state index in [1.165, 1.54) is 44.9 Å². The topological polar surface area (TPSA) is 77.2 Å². The summed E-state index contributed by atoms with van der Waals surface area (Å²) in [5.41, 5.74) is 0.231. The monoisotopic (exact) mass is 641 g/mol. The maximum Gasteiger partial charge on any atom is 0.256 e. The quantitative estimate of drug-likeness (QED) is 0.288. The second kappa shape index (κ2) is 14.1. The van der Waals surface area contributed by atoms with E-state index < -0.39 is 24.2 Å². The van der Waals surface area contributed by atoms with E-state index >= 15 is 4.39 Å².